The van der Waals surface area contributed by atoms with Crippen LogP contribution in [0.5, 0.6) is 0 Å². The summed E-state index contributed by atoms with van der Waals surface area (Å²) in [5.74, 6) is -0.218. The molecule has 0 bridgehead atoms. The van der Waals surface area contributed by atoms with Crippen LogP contribution in [0, 0.1) is 0 Å². The second-order valence-electron chi connectivity index (χ2n) is 6.87. The van der Waals surface area contributed by atoms with Crippen LogP contribution in [0.25, 0.3) is 5.65 Å². The summed E-state index contributed by atoms with van der Waals surface area (Å²) in [6.45, 7) is 1.13. The summed E-state index contributed by atoms with van der Waals surface area (Å²) in [7, 11) is 1.33. The van der Waals surface area contributed by atoms with E-state index in [1.165, 1.54) is 17.8 Å². The molecule has 0 unspecified atom stereocenters. The van der Waals surface area contributed by atoms with Gasteiger partial charge in [0.15, 0.2) is 11.3 Å². The van der Waals surface area contributed by atoms with Crippen molar-refractivity contribution in [1.29, 1.82) is 0 Å². The van der Waals surface area contributed by atoms with Crippen molar-refractivity contribution in [3.8, 4) is 0 Å². The number of halogens is 3. The predicted molar refractivity (Wildman–Crippen MR) is 96.6 cm³/mol. The minimum atomic E-state index is -4.70. The molecule has 1 aliphatic heterocycles. The summed E-state index contributed by atoms with van der Waals surface area (Å²) in [5, 5.41) is 19.5. The van der Waals surface area contributed by atoms with Gasteiger partial charge < -0.3 is 15.3 Å². The zero-order chi connectivity index (χ0) is 20.8. The van der Waals surface area contributed by atoms with Crippen molar-refractivity contribution >= 4 is 23.1 Å². The normalized spacial score (nSPS) is 17.7. The number of rotatable bonds is 3. The molecule has 9 nitrogen and oxygen atoms in total. The van der Waals surface area contributed by atoms with Gasteiger partial charge in [0.1, 0.15) is 11.4 Å². The van der Waals surface area contributed by atoms with Gasteiger partial charge in [-0.1, -0.05) is 0 Å². The van der Waals surface area contributed by atoms with E-state index in [1.54, 1.807) is 12.3 Å². The average Bonchev–Trinajstić information content (AvgIpc) is 3.24. The highest BCUT2D eigenvalue weighted by Crippen LogP contribution is 2.33. The Hall–Kier alpha value is -3.15. The zero-order valence-electron chi connectivity index (χ0n) is 15.4. The lowest BCUT2D eigenvalue weighted by atomic mass is 10.1. The number of aliphatic hydroxyl groups excluding tert-OH is 1. The number of amides is 1. The molecule has 4 heterocycles. The number of β-amino-alcohol motifs (C(OH)–C–C–N with tert-alkyl or cyclic N) is 1. The van der Waals surface area contributed by atoms with E-state index in [-0.39, 0.29) is 11.2 Å². The number of fused-ring (bicyclic) bond motifs is 1. The Bertz CT molecular complexity index is 1060. The van der Waals surface area contributed by atoms with Crippen molar-refractivity contribution in [3.05, 3.63) is 35.9 Å². The number of anilines is 2. The van der Waals surface area contributed by atoms with Crippen molar-refractivity contribution in [1.82, 2.24) is 24.4 Å². The fourth-order valence-corrected chi connectivity index (χ4v) is 3.34. The number of nitrogens with one attached hydrogen (secondary N) is 1. The summed E-state index contributed by atoms with van der Waals surface area (Å²) < 4.78 is 41.7. The van der Waals surface area contributed by atoms with Gasteiger partial charge in [0.05, 0.1) is 18.0 Å². The maximum absolute atomic E-state index is 13.1. The van der Waals surface area contributed by atoms with Crippen LogP contribution in [-0.4, -0.2) is 54.6 Å². The molecule has 2 N–H and O–H groups in total. The van der Waals surface area contributed by atoms with Crippen LogP contribution < -0.4 is 10.2 Å². The van der Waals surface area contributed by atoms with Crippen LogP contribution in [0.3, 0.4) is 0 Å². The molecule has 0 spiro atoms. The molecule has 1 fully saturated rings. The molecular formula is C17H18F3N7O2. The molecule has 0 aliphatic carbocycles. The number of hydrogen-bond donors (Lipinski definition) is 2. The van der Waals surface area contributed by atoms with E-state index in [9.17, 15) is 23.1 Å². The van der Waals surface area contributed by atoms with Gasteiger partial charge in [0.25, 0.3) is 5.91 Å². The molecular weight excluding hydrogens is 391 g/mol. The predicted octanol–water partition coefficient (Wildman–Crippen LogP) is 1.70. The third kappa shape index (κ3) is 3.75. The first kappa shape index (κ1) is 19.2. The second kappa shape index (κ2) is 7.03. The van der Waals surface area contributed by atoms with Crippen molar-refractivity contribution < 1.29 is 23.1 Å². The number of hydrogen-bond acceptors (Lipinski definition) is 6. The van der Waals surface area contributed by atoms with E-state index in [0.29, 0.717) is 25.3 Å². The SMILES string of the molecule is Cn1cc(NC(=O)c2cnn3ccc(N4CCC[C@@H](O)C4)nc23)c(C(F)(F)F)n1. The van der Waals surface area contributed by atoms with Gasteiger partial charge in [-0.2, -0.15) is 23.4 Å². The average molecular weight is 409 g/mol. The van der Waals surface area contributed by atoms with Gasteiger partial charge in [-0.3, -0.25) is 9.48 Å². The molecule has 3 aromatic rings. The molecule has 12 heteroatoms. The minimum Gasteiger partial charge on any atom is -0.391 e. The van der Waals surface area contributed by atoms with Crippen molar-refractivity contribution in [2.24, 2.45) is 7.05 Å². The maximum atomic E-state index is 13.1. The first-order chi connectivity index (χ1) is 13.7. The van der Waals surface area contributed by atoms with Crippen molar-refractivity contribution in [2.75, 3.05) is 23.3 Å². The highest BCUT2D eigenvalue weighted by Gasteiger charge is 2.38. The molecule has 0 radical (unpaired) electrons. The Morgan fingerprint density at radius 1 is 1.38 bits per heavy atom. The lowest BCUT2D eigenvalue weighted by Gasteiger charge is -2.30. The van der Waals surface area contributed by atoms with Gasteiger partial charge in [-0.05, 0) is 18.9 Å². The fourth-order valence-electron chi connectivity index (χ4n) is 3.34. The molecule has 29 heavy (non-hydrogen) atoms. The lowest BCUT2D eigenvalue weighted by molar-refractivity contribution is -0.140. The quantitative estimate of drug-likeness (QED) is 0.683. The van der Waals surface area contributed by atoms with E-state index in [0.717, 1.165) is 17.3 Å². The zero-order valence-corrected chi connectivity index (χ0v) is 15.4. The topological polar surface area (TPSA) is 101 Å². The smallest absolute Gasteiger partial charge is 0.391 e. The van der Waals surface area contributed by atoms with Crippen LogP contribution in [0.15, 0.2) is 24.7 Å². The number of nitrogens with zero attached hydrogens (tertiary/aromatic N) is 6. The molecule has 0 saturated carbocycles. The summed E-state index contributed by atoms with van der Waals surface area (Å²) in [5.41, 5.74) is -1.39. The van der Waals surface area contributed by atoms with Crippen LogP contribution in [-0.2, 0) is 13.2 Å². The molecule has 4 rings (SSSR count). The highest BCUT2D eigenvalue weighted by atomic mass is 19.4. The van der Waals surface area contributed by atoms with Gasteiger partial charge in [-0.25, -0.2) is 9.50 Å². The molecule has 0 aromatic carbocycles. The molecule has 1 saturated heterocycles. The Morgan fingerprint density at radius 2 is 2.17 bits per heavy atom. The van der Waals surface area contributed by atoms with E-state index in [2.05, 4.69) is 20.5 Å². The number of carbonyl (C=O) groups excluding carboxylic acids is 1. The maximum Gasteiger partial charge on any atom is 0.437 e. The molecule has 154 valence electrons. The Labute approximate surface area is 162 Å². The molecule has 1 aliphatic rings. The summed E-state index contributed by atoms with van der Waals surface area (Å²) in [4.78, 5) is 19.0. The summed E-state index contributed by atoms with van der Waals surface area (Å²) >= 11 is 0. The minimum absolute atomic E-state index is 0.0291. The van der Waals surface area contributed by atoms with Crippen molar-refractivity contribution in [2.45, 2.75) is 25.1 Å². The number of aliphatic hydroxyl groups is 1. The number of aromatic nitrogens is 5. The summed E-state index contributed by atoms with van der Waals surface area (Å²) in [6.07, 6.45) is 0.303. The van der Waals surface area contributed by atoms with Gasteiger partial charge in [0.2, 0.25) is 0 Å². The van der Waals surface area contributed by atoms with Crippen LogP contribution in [0.1, 0.15) is 28.9 Å². The van der Waals surface area contributed by atoms with Gasteiger partial charge in [0, 0.05) is 32.5 Å². The van der Waals surface area contributed by atoms with E-state index < -0.39 is 29.6 Å². The molecule has 1 amide bonds. The molecule has 1 atom stereocenters. The third-order valence-electron chi connectivity index (χ3n) is 4.67. The first-order valence-electron chi connectivity index (χ1n) is 8.92. The van der Waals surface area contributed by atoms with E-state index in [4.69, 9.17) is 0 Å². The van der Waals surface area contributed by atoms with E-state index in [1.807, 2.05) is 4.90 Å². The Morgan fingerprint density at radius 3 is 2.90 bits per heavy atom. The second-order valence-corrected chi connectivity index (χ2v) is 6.87. The summed E-state index contributed by atoms with van der Waals surface area (Å²) in [6, 6.07) is 1.71. The monoisotopic (exact) mass is 409 g/mol. The van der Waals surface area contributed by atoms with Gasteiger partial charge in [-0.15, -0.1) is 0 Å². The van der Waals surface area contributed by atoms with Gasteiger partial charge >= 0.3 is 6.18 Å². The van der Waals surface area contributed by atoms with Crippen LogP contribution >= 0.6 is 0 Å². The number of carbonyl (C=O) groups is 1. The highest BCUT2D eigenvalue weighted by molar-refractivity contribution is 6.08. The van der Waals surface area contributed by atoms with E-state index >= 15 is 0 Å². The third-order valence-corrected chi connectivity index (χ3v) is 4.67. The fraction of sp³-hybridized carbons (Fsp3) is 0.412. The standard InChI is InChI=1S/C17H18F3N7O2/c1-25-9-12(14(24-25)17(18,19)20)22-16(29)11-7-21-27-6-4-13(23-15(11)27)26-5-2-3-10(28)8-26/h4,6-7,9-10,28H,2-3,5,8H2,1H3,(H,22,29)/t10-/m1/s1. The van der Waals surface area contributed by atoms with Crippen molar-refractivity contribution in [3.63, 3.8) is 0 Å². The lowest BCUT2D eigenvalue weighted by Crippen LogP contribution is -2.38. The first-order valence-corrected chi connectivity index (χ1v) is 8.92. The number of alkyl halides is 3. The largest absolute Gasteiger partial charge is 0.437 e. The van der Waals surface area contributed by atoms with Crippen LogP contribution in [0.2, 0.25) is 0 Å². The Kier molecular flexibility index (Phi) is 4.65. The number of aryl methyl sites for hydroxylation is 1. The molecule has 3 aromatic heterocycles. The Balaban J connectivity index is 1.64. The van der Waals surface area contributed by atoms with Crippen LogP contribution in [0.4, 0.5) is 24.7 Å². The number of piperidine rings is 1.